The Morgan fingerprint density at radius 2 is 1.96 bits per heavy atom. The van der Waals surface area contributed by atoms with Crippen LogP contribution >= 0.6 is 23.2 Å². The number of nitrogens with zero attached hydrogens (tertiary/aromatic N) is 2. The zero-order valence-corrected chi connectivity index (χ0v) is 14.3. The van der Waals surface area contributed by atoms with E-state index in [0.717, 1.165) is 12.5 Å². The number of nitrogens with one attached hydrogen (secondary N) is 1. The van der Waals surface area contributed by atoms with Crippen molar-refractivity contribution in [3.05, 3.63) is 40.1 Å². The van der Waals surface area contributed by atoms with Gasteiger partial charge in [0.2, 0.25) is 15.0 Å². The fourth-order valence-corrected chi connectivity index (χ4v) is 2.56. The molecule has 2 aromatic rings. The maximum atomic E-state index is 12.2. The maximum absolute atomic E-state index is 12.2. The molecule has 0 fully saturated rings. The first kappa shape index (κ1) is 17.5. The first-order valence-corrected chi connectivity index (χ1v) is 8.74. The Bertz CT molecular complexity index is 872. The Kier molecular flexibility index (Phi) is 5.08. The second-order valence-corrected chi connectivity index (χ2v) is 7.15. The fourth-order valence-electron chi connectivity index (χ4n) is 1.62. The minimum atomic E-state index is -3.66. The molecule has 1 heterocycles. The van der Waals surface area contributed by atoms with Crippen LogP contribution in [0.1, 0.15) is 10.5 Å². The standard InChI is InChI=1S/C13H11Cl2N3O4S/c1-22-10-4-3-7(5-8(10)14)17-12(19)11-9(15)6-16-13(18-11)23(2,20)21/h3-6H,1-2H3,(H,17,19). The molecule has 0 aliphatic heterocycles. The first-order valence-electron chi connectivity index (χ1n) is 6.10. The summed E-state index contributed by atoms with van der Waals surface area (Å²) >= 11 is 11.8. The van der Waals surface area contributed by atoms with Crippen LogP contribution in [0.5, 0.6) is 5.75 Å². The highest BCUT2D eigenvalue weighted by atomic mass is 35.5. The Morgan fingerprint density at radius 3 is 2.52 bits per heavy atom. The summed E-state index contributed by atoms with van der Waals surface area (Å²) < 4.78 is 27.9. The van der Waals surface area contributed by atoms with Crippen molar-refractivity contribution in [1.29, 1.82) is 0 Å². The molecular weight excluding hydrogens is 365 g/mol. The van der Waals surface area contributed by atoms with E-state index in [1.807, 2.05) is 0 Å². The van der Waals surface area contributed by atoms with Crippen LogP contribution in [-0.2, 0) is 9.84 Å². The number of amides is 1. The monoisotopic (exact) mass is 375 g/mol. The van der Waals surface area contributed by atoms with Crippen LogP contribution in [0.25, 0.3) is 0 Å². The number of hydrogen-bond donors (Lipinski definition) is 1. The number of carbonyl (C=O) groups excluding carboxylic acids is 1. The van der Waals surface area contributed by atoms with Gasteiger partial charge in [0.1, 0.15) is 5.75 Å². The van der Waals surface area contributed by atoms with Crippen LogP contribution in [0, 0.1) is 0 Å². The van der Waals surface area contributed by atoms with Gasteiger partial charge in [-0.05, 0) is 18.2 Å². The molecule has 1 aromatic heterocycles. The van der Waals surface area contributed by atoms with Gasteiger partial charge in [0.05, 0.1) is 23.4 Å². The number of ether oxygens (including phenoxy) is 1. The van der Waals surface area contributed by atoms with Gasteiger partial charge in [-0.15, -0.1) is 0 Å². The Hall–Kier alpha value is -1.90. The van der Waals surface area contributed by atoms with Crippen LogP contribution < -0.4 is 10.1 Å². The number of rotatable bonds is 4. The zero-order valence-electron chi connectivity index (χ0n) is 12.0. The summed E-state index contributed by atoms with van der Waals surface area (Å²) in [5.74, 6) is -0.243. The Balaban J connectivity index is 2.32. The van der Waals surface area contributed by atoms with Crippen molar-refractivity contribution in [3.63, 3.8) is 0 Å². The Labute approximate surface area is 142 Å². The topological polar surface area (TPSA) is 98.2 Å². The first-order chi connectivity index (χ1) is 10.7. The Morgan fingerprint density at radius 1 is 1.26 bits per heavy atom. The predicted octanol–water partition coefficient (Wildman–Crippen LogP) is 2.45. The third kappa shape index (κ3) is 4.10. The highest BCUT2D eigenvalue weighted by molar-refractivity contribution is 7.90. The number of anilines is 1. The maximum Gasteiger partial charge on any atom is 0.275 e. The second kappa shape index (κ2) is 6.69. The molecule has 0 saturated heterocycles. The molecular formula is C13H11Cl2N3O4S. The number of carbonyl (C=O) groups is 1. The summed E-state index contributed by atoms with van der Waals surface area (Å²) in [7, 11) is -2.20. The summed E-state index contributed by atoms with van der Waals surface area (Å²) in [4.78, 5) is 19.5. The van der Waals surface area contributed by atoms with E-state index in [4.69, 9.17) is 27.9 Å². The molecule has 0 unspecified atom stereocenters. The molecule has 0 aliphatic carbocycles. The molecule has 1 N–H and O–H groups in total. The van der Waals surface area contributed by atoms with Gasteiger partial charge in [-0.25, -0.2) is 18.4 Å². The highest BCUT2D eigenvalue weighted by Gasteiger charge is 2.19. The van der Waals surface area contributed by atoms with E-state index in [9.17, 15) is 13.2 Å². The summed E-state index contributed by atoms with van der Waals surface area (Å²) in [6.07, 6.45) is 1.99. The molecule has 2 rings (SSSR count). The summed E-state index contributed by atoms with van der Waals surface area (Å²) in [5.41, 5.74) is 0.116. The molecule has 0 atom stereocenters. The van der Waals surface area contributed by atoms with E-state index in [2.05, 4.69) is 15.3 Å². The van der Waals surface area contributed by atoms with Gasteiger partial charge in [-0.1, -0.05) is 23.2 Å². The minimum absolute atomic E-state index is 0.0745. The van der Waals surface area contributed by atoms with E-state index in [1.165, 1.54) is 13.2 Å². The summed E-state index contributed by atoms with van der Waals surface area (Å²) in [6.45, 7) is 0. The molecule has 0 spiro atoms. The van der Waals surface area contributed by atoms with Gasteiger partial charge in [-0.3, -0.25) is 4.79 Å². The molecule has 0 radical (unpaired) electrons. The SMILES string of the molecule is COc1ccc(NC(=O)c2nc(S(C)(=O)=O)ncc2Cl)cc1Cl. The van der Waals surface area contributed by atoms with Gasteiger partial charge in [-0.2, -0.15) is 0 Å². The molecule has 0 saturated carbocycles. The van der Waals surface area contributed by atoms with E-state index in [1.54, 1.807) is 12.1 Å². The number of halogens is 2. The lowest BCUT2D eigenvalue weighted by atomic mass is 10.3. The van der Waals surface area contributed by atoms with Crippen molar-refractivity contribution in [1.82, 2.24) is 9.97 Å². The lowest BCUT2D eigenvalue weighted by Gasteiger charge is -2.09. The lowest BCUT2D eigenvalue weighted by molar-refractivity contribution is 0.102. The van der Waals surface area contributed by atoms with E-state index in [-0.39, 0.29) is 10.7 Å². The van der Waals surface area contributed by atoms with E-state index in [0.29, 0.717) is 16.5 Å². The van der Waals surface area contributed by atoms with Crippen LogP contribution in [-0.4, -0.2) is 37.7 Å². The molecule has 0 bridgehead atoms. The highest BCUT2D eigenvalue weighted by Crippen LogP contribution is 2.27. The average molecular weight is 376 g/mol. The lowest BCUT2D eigenvalue weighted by Crippen LogP contribution is -2.17. The van der Waals surface area contributed by atoms with Crippen LogP contribution in [0.4, 0.5) is 5.69 Å². The number of methoxy groups -OCH3 is 1. The van der Waals surface area contributed by atoms with Crippen molar-refractivity contribution < 1.29 is 17.9 Å². The third-order valence-electron chi connectivity index (χ3n) is 2.68. The molecule has 10 heteroatoms. The van der Waals surface area contributed by atoms with Crippen molar-refractivity contribution in [2.45, 2.75) is 5.16 Å². The summed E-state index contributed by atoms with van der Waals surface area (Å²) in [6, 6.07) is 4.61. The molecule has 0 aliphatic rings. The van der Waals surface area contributed by atoms with Gasteiger partial charge in [0, 0.05) is 11.9 Å². The molecule has 23 heavy (non-hydrogen) atoms. The number of sulfone groups is 1. The van der Waals surface area contributed by atoms with Crippen LogP contribution in [0.2, 0.25) is 10.0 Å². The normalized spacial score (nSPS) is 11.1. The average Bonchev–Trinajstić information content (AvgIpc) is 2.46. The smallest absolute Gasteiger partial charge is 0.275 e. The van der Waals surface area contributed by atoms with Crippen LogP contribution in [0.3, 0.4) is 0 Å². The van der Waals surface area contributed by atoms with Crippen molar-refractivity contribution in [2.24, 2.45) is 0 Å². The summed E-state index contributed by atoms with van der Waals surface area (Å²) in [5, 5.41) is 2.26. The van der Waals surface area contributed by atoms with Gasteiger partial charge >= 0.3 is 0 Å². The molecule has 7 nitrogen and oxygen atoms in total. The largest absolute Gasteiger partial charge is 0.495 e. The molecule has 1 aromatic carbocycles. The van der Waals surface area contributed by atoms with Gasteiger partial charge in [0.25, 0.3) is 5.91 Å². The fraction of sp³-hybridized carbons (Fsp3) is 0.154. The third-order valence-corrected chi connectivity index (χ3v) is 4.11. The number of hydrogen-bond acceptors (Lipinski definition) is 6. The van der Waals surface area contributed by atoms with E-state index >= 15 is 0 Å². The molecule has 1 amide bonds. The van der Waals surface area contributed by atoms with Crippen molar-refractivity contribution >= 4 is 44.6 Å². The predicted molar refractivity (Wildman–Crippen MR) is 86.1 cm³/mol. The van der Waals surface area contributed by atoms with Crippen molar-refractivity contribution in [3.8, 4) is 5.75 Å². The van der Waals surface area contributed by atoms with Gasteiger partial charge < -0.3 is 10.1 Å². The molecule has 122 valence electrons. The van der Waals surface area contributed by atoms with E-state index < -0.39 is 20.9 Å². The van der Waals surface area contributed by atoms with Crippen molar-refractivity contribution in [2.75, 3.05) is 18.7 Å². The van der Waals surface area contributed by atoms with Crippen LogP contribution in [0.15, 0.2) is 29.6 Å². The number of aromatic nitrogens is 2. The second-order valence-electron chi connectivity index (χ2n) is 4.42. The zero-order chi connectivity index (χ0) is 17.2. The number of benzene rings is 1. The minimum Gasteiger partial charge on any atom is -0.495 e. The quantitative estimate of drug-likeness (QED) is 0.824. The van der Waals surface area contributed by atoms with Gasteiger partial charge in [0.15, 0.2) is 5.69 Å².